The van der Waals surface area contributed by atoms with Gasteiger partial charge in [0, 0.05) is 26.1 Å². The molecule has 13 nitrogen and oxygen atoms in total. The van der Waals surface area contributed by atoms with Crippen LogP contribution in [-0.4, -0.2) is 90.9 Å². The molecular formula is C18H35N5O8. The fraction of sp³-hybridized carbons (Fsp3) is 0.778. The molecule has 0 bridgehead atoms. The highest BCUT2D eigenvalue weighted by atomic mass is 16.5. The van der Waals surface area contributed by atoms with Crippen molar-refractivity contribution in [2.45, 2.75) is 50.7 Å². The van der Waals surface area contributed by atoms with Crippen molar-refractivity contribution in [3.63, 3.8) is 0 Å². The van der Waals surface area contributed by atoms with Crippen LogP contribution in [0.4, 0.5) is 9.59 Å². The SMILES string of the molecule is NC(=O)NCCCCCCNC(=O)OCCNC(=O)C[C@@H](O)C[C@H](O)C(=O)NCCO. The van der Waals surface area contributed by atoms with Crippen molar-refractivity contribution >= 4 is 23.9 Å². The Bertz CT molecular complexity index is 549. The van der Waals surface area contributed by atoms with Crippen LogP contribution in [0.1, 0.15) is 38.5 Å². The number of hydrogen-bond acceptors (Lipinski definition) is 8. The summed E-state index contributed by atoms with van der Waals surface area (Å²) in [5, 5.41) is 37.7. The molecule has 5 amide bonds. The summed E-state index contributed by atoms with van der Waals surface area (Å²) in [7, 11) is 0. The number of primary amides is 1. The van der Waals surface area contributed by atoms with Gasteiger partial charge in [0.1, 0.15) is 12.7 Å². The molecule has 0 rings (SSSR count). The summed E-state index contributed by atoms with van der Waals surface area (Å²) in [6.45, 7) is 0.657. The van der Waals surface area contributed by atoms with E-state index in [1.165, 1.54) is 0 Å². The quantitative estimate of drug-likeness (QED) is 0.112. The maximum absolute atomic E-state index is 11.7. The van der Waals surface area contributed by atoms with Gasteiger partial charge in [-0.2, -0.15) is 0 Å². The topological polar surface area (TPSA) is 212 Å². The first kappa shape index (κ1) is 28.4. The predicted molar refractivity (Wildman–Crippen MR) is 110 cm³/mol. The molecule has 13 heteroatoms. The first-order valence-corrected chi connectivity index (χ1v) is 10.2. The van der Waals surface area contributed by atoms with E-state index >= 15 is 0 Å². The first-order valence-electron chi connectivity index (χ1n) is 10.2. The van der Waals surface area contributed by atoms with Crippen LogP contribution in [-0.2, 0) is 14.3 Å². The standard InChI is InChI=1S/C18H35N5O8/c19-17(29)22-5-3-1-2-4-6-23-18(30)31-10-8-20-15(27)12-13(25)11-14(26)16(28)21-7-9-24/h13-14,24-26H,1-12H2,(H,20,27)(H,21,28)(H,23,30)(H3,19,22,29)/t13-,14-/m0/s1. The molecule has 0 aliphatic heterocycles. The number of urea groups is 1. The van der Waals surface area contributed by atoms with Crippen LogP contribution in [0.25, 0.3) is 0 Å². The molecule has 31 heavy (non-hydrogen) atoms. The average Bonchev–Trinajstić information content (AvgIpc) is 2.70. The van der Waals surface area contributed by atoms with Gasteiger partial charge in [-0.25, -0.2) is 9.59 Å². The van der Waals surface area contributed by atoms with E-state index in [0.717, 1.165) is 25.7 Å². The second kappa shape index (κ2) is 18.2. The minimum Gasteiger partial charge on any atom is -0.448 e. The molecular weight excluding hydrogens is 414 g/mol. The third-order valence-corrected chi connectivity index (χ3v) is 3.96. The zero-order valence-corrected chi connectivity index (χ0v) is 17.6. The van der Waals surface area contributed by atoms with Crippen LogP contribution in [0.15, 0.2) is 0 Å². The number of nitrogens with two attached hydrogens (primary N) is 1. The van der Waals surface area contributed by atoms with E-state index in [0.29, 0.717) is 13.1 Å². The van der Waals surface area contributed by atoms with Crippen molar-refractivity contribution in [2.24, 2.45) is 5.73 Å². The van der Waals surface area contributed by atoms with E-state index in [1.54, 1.807) is 0 Å². The molecule has 0 radical (unpaired) electrons. The highest BCUT2D eigenvalue weighted by Crippen LogP contribution is 2.03. The minimum atomic E-state index is -1.49. The summed E-state index contributed by atoms with van der Waals surface area (Å²) < 4.78 is 4.90. The molecule has 0 heterocycles. The number of carbonyl (C=O) groups is 4. The number of amides is 5. The van der Waals surface area contributed by atoms with Crippen molar-refractivity contribution < 1.29 is 39.2 Å². The van der Waals surface area contributed by atoms with Crippen LogP contribution in [0.5, 0.6) is 0 Å². The fourth-order valence-corrected chi connectivity index (χ4v) is 2.42. The third-order valence-electron chi connectivity index (χ3n) is 3.96. The molecule has 0 spiro atoms. The third kappa shape index (κ3) is 17.9. The summed E-state index contributed by atoms with van der Waals surface area (Å²) >= 11 is 0. The Kier molecular flexibility index (Phi) is 16.6. The second-order valence-electron chi connectivity index (χ2n) is 6.74. The van der Waals surface area contributed by atoms with Gasteiger partial charge >= 0.3 is 12.1 Å². The zero-order chi connectivity index (χ0) is 23.5. The summed E-state index contributed by atoms with van der Waals surface area (Å²) in [5.41, 5.74) is 4.94. The van der Waals surface area contributed by atoms with Gasteiger partial charge in [-0.3, -0.25) is 9.59 Å². The lowest BCUT2D eigenvalue weighted by molar-refractivity contribution is -0.132. The Hall–Kier alpha value is -2.64. The van der Waals surface area contributed by atoms with Crippen LogP contribution in [0.3, 0.4) is 0 Å². The van der Waals surface area contributed by atoms with Gasteiger partial charge in [0.25, 0.3) is 0 Å². The van der Waals surface area contributed by atoms with Gasteiger partial charge in [-0.15, -0.1) is 0 Å². The largest absolute Gasteiger partial charge is 0.448 e. The average molecular weight is 450 g/mol. The highest BCUT2D eigenvalue weighted by Gasteiger charge is 2.20. The van der Waals surface area contributed by atoms with Crippen molar-refractivity contribution in [1.29, 1.82) is 0 Å². The molecule has 0 aromatic rings. The van der Waals surface area contributed by atoms with Gasteiger partial charge in [0.2, 0.25) is 11.8 Å². The number of ether oxygens (including phenoxy) is 1. The van der Waals surface area contributed by atoms with Crippen LogP contribution in [0, 0.1) is 0 Å². The molecule has 0 aliphatic rings. The molecule has 0 aromatic heterocycles. The first-order chi connectivity index (χ1) is 14.8. The van der Waals surface area contributed by atoms with E-state index in [2.05, 4.69) is 21.3 Å². The Morgan fingerprint density at radius 3 is 2.10 bits per heavy atom. The number of aliphatic hydroxyl groups is 3. The van der Waals surface area contributed by atoms with E-state index in [4.69, 9.17) is 15.6 Å². The van der Waals surface area contributed by atoms with E-state index in [9.17, 15) is 29.4 Å². The minimum absolute atomic E-state index is 0.0177. The molecule has 180 valence electrons. The molecule has 0 saturated carbocycles. The maximum atomic E-state index is 11.7. The number of unbranched alkanes of at least 4 members (excludes halogenated alkanes) is 3. The Labute approximate surface area is 181 Å². The summed E-state index contributed by atoms with van der Waals surface area (Å²) in [6.07, 6.45) is -0.671. The van der Waals surface area contributed by atoms with E-state index in [-0.39, 0.29) is 39.1 Å². The van der Waals surface area contributed by atoms with Crippen molar-refractivity contribution in [3.8, 4) is 0 Å². The Morgan fingerprint density at radius 1 is 0.839 bits per heavy atom. The molecule has 0 aliphatic carbocycles. The summed E-state index contributed by atoms with van der Waals surface area (Å²) in [5.74, 6) is -1.27. The molecule has 0 saturated heterocycles. The fourth-order valence-electron chi connectivity index (χ4n) is 2.42. The lowest BCUT2D eigenvalue weighted by Crippen LogP contribution is -2.39. The molecule has 0 fully saturated rings. The van der Waals surface area contributed by atoms with E-state index < -0.39 is 36.1 Å². The number of nitrogens with one attached hydrogen (secondary N) is 4. The van der Waals surface area contributed by atoms with Crippen molar-refractivity contribution in [1.82, 2.24) is 21.3 Å². The van der Waals surface area contributed by atoms with Crippen molar-refractivity contribution in [2.75, 3.05) is 39.4 Å². The van der Waals surface area contributed by atoms with Crippen LogP contribution < -0.4 is 27.0 Å². The Morgan fingerprint density at radius 2 is 1.48 bits per heavy atom. The van der Waals surface area contributed by atoms with Gasteiger partial charge < -0.3 is 47.1 Å². The molecule has 2 atom stereocenters. The number of alkyl carbamates (subject to hydrolysis) is 1. The number of carbonyl (C=O) groups excluding carboxylic acids is 4. The van der Waals surface area contributed by atoms with Crippen LogP contribution in [0.2, 0.25) is 0 Å². The lowest BCUT2D eigenvalue weighted by Gasteiger charge is -2.15. The Balaban J connectivity index is 3.67. The smallest absolute Gasteiger partial charge is 0.407 e. The zero-order valence-electron chi connectivity index (χ0n) is 17.6. The van der Waals surface area contributed by atoms with Crippen LogP contribution >= 0.6 is 0 Å². The molecule has 0 aromatic carbocycles. The van der Waals surface area contributed by atoms with Crippen molar-refractivity contribution in [3.05, 3.63) is 0 Å². The van der Waals surface area contributed by atoms with E-state index in [1.807, 2.05) is 0 Å². The normalized spacial score (nSPS) is 12.4. The summed E-state index contributed by atoms with van der Waals surface area (Å²) in [6, 6.07) is -0.546. The molecule has 9 N–H and O–H groups in total. The van der Waals surface area contributed by atoms with Gasteiger partial charge in [-0.05, 0) is 12.8 Å². The summed E-state index contributed by atoms with van der Waals surface area (Å²) in [4.78, 5) is 45.1. The van der Waals surface area contributed by atoms with Gasteiger partial charge in [0.05, 0.1) is 25.7 Å². The monoisotopic (exact) mass is 449 g/mol. The molecule has 0 unspecified atom stereocenters. The van der Waals surface area contributed by atoms with Gasteiger partial charge in [0.15, 0.2) is 0 Å². The van der Waals surface area contributed by atoms with Gasteiger partial charge in [-0.1, -0.05) is 12.8 Å². The number of rotatable bonds is 17. The maximum Gasteiger partial charge on any atom is 0.407 e. The number of aliphatic hydroxyl groups excluding tert-OH is 3. The highest BCUT2D eigenvalue weighted by molar-refractivity contribution is 5.81. The second-order valence-corrected chi connectivity index (χ2v) is 6.74. The number of hydrogen-bond donors (Lipinski definition) is 8. The lowest BCUT2D eigenvalue weighted by atomic mass is 10.1. The predicted octanol–water partition coefficient (Wildman–Crippen LogP) is -2.33.